The Morgan fingerprint density at radius 1 is 1.13 bits per heavy atom. The van der Waals surface area contributed by atoms with E-state index in [1.165, 1.54) is 41.7 Å². The summed E-state index contributed by atoms with van der Waals surface area (Å²) in [5.74, 6) is -2.20. The Balaban J connectivity index is 1.91. The Kier molecular flexibility index (Phi) is 4.02. The number of amides is 1. The molecule has 0 aliphatic carbocycles. The monoisotopic (exact) mass is 348 g/mol. The Hall–Kier alpha value is -2.44. The minimum Gasteiger partial charge on any atom is -0.545 e. The third-order valence-corrected chi connectivity index (χ3v) is 4.60. The van der Waals surface area contributed by atoms with Gasteiger partial charge in [0.05, 0.1) is 21.6 Å². The minimum atomic E-state index is -1.37. The second-order valence-electron chi connectivity index (χ2n) is 4.73. The highest BCUT2D eigenvalue weighted by atomic mass is 35.5. The second kappa shape index (κ2) is 5.98. The molecule has 4 nitrogen and oxygen atoms in total. The van der Waals surface area contributed by atoms with Gasteiger partial charge >= 0.3 is 0 Å². The lowest BCUT2D eigenvalue weighted by atomic mass is 10.2. The summed E-state index contributed by atoms with van der Waals surface area (Å²) in [7, 11) is 0. The Morgan fingerprint density at radius 3 is 2.65 bits per heavy atom. The van der Waals surface area contributed by atoms with E-state index < -0.39 is 11.9 Å². The van der Waals surface area contributed by atoms with Gasteiger partial charge in [-0.05, 0) is 47.3 Å². The van der Waals surface area contributed by atoms with Crippen molar-refractivity contribution < 1.29 is 19.1 Å². The molecule has 1 heterocycles. The standard InChI is InChI=1S/C16H9ClFNO3S/c17-11-3-1-8(16(21)22)6-12(11)19-15(20)14-7-9-5-10(18)2-4-13(9)23-14/h1-7H,(H,19,20)(H,21,22)/p-1. The molecule has 3 aromatic rings. The van der Waals surface area contributed by atoms with Crippen LogP contribution in [0.2, 0.25) is 5.02 Å². The number of carboxylic acids is 1. The van der Waals surface area contributed by atoms with E-state index in [1.807, 2.05) is 0 Å². The number of aromatic carboxylic acids is 1. The highest BCUT2D eigenvalue weighted by Gasteiger charge is 2.13. The van der Waals surface area contributed by atoms with Crippen LogP contribution in [0.1, 0.15) is 20.0 Å². The average Bonchev–Trinajstić information content (AvgIpc) is 2.92. The zero-order valence-corrected chi connectivity index (χ0v) is 13.0. The van der Waals surface area contributed by atoms with Crippen LogP contribution in [0.25, 0.3) is 10.1 Å². The first-order valence-corrected chi connectivity index (χ1v) is 7.65. The molecule has 3 rings (SSSR count). The van der Waals surface area contributed by atoms with Crippen LogP contribution in [0, 0.1) is 5.82 Å². The van der Waals surface area contributed by atoms with Gasteiger partial charge in [-0.3, -0.25) is 4.79 Å². The lowest BCUT2D eigenvalue weighted by molar-refractivity contribution is -0.255. The first kappa shape index (κ1) is 15.5. The molecule has 23 heavy (non-hydrogen) atoms. The van der Waals surface area contributed by atoms with Gasteiger partial charge in [-0.15, -0.1) is 11.3 Å². The maximum Gasteiger partial charge on any atom is 0.265 e. The summed E-state index contributed by atoms with van der Waals surface area (Å²) in [4.78, 5) is 23.5. The summed E-state index contributed by atoms with van der Waals surface area (Å²) in [6, 6.07) is 9.69. The quantitative estimate of drug-likeness (QED) is 0.789. The van der Waals surface area contributed by atoms with Crippen molar-refractivity contribution in [3.63, 3.8) is 0 Å². The number of carboxylic acid groups (broad SMARTS) is 1. The molecule has 0 aliphatic rings. The van der Waals surface area contributed by atoms with Crippen LogP contribution in [0.3, 0.4) is 0 Å². The number of fused-ring (bicyclic) bond motifs is 1. The van der Waals surface area contributed by atoms with Gasteiger partial charge in [0.15, 0.2) is 0 Å². The Bertz CT molecular complexity index is 938. The van der Waals surface area contributed by atoms with Gasteiger partial charge in [0.25, 0.3) is 5.91 Å². The molecule has 0 spiro atoms. The molecular formula is C16H8ClFNO3S-. The SMILES string of the molecule is O=C([O-])c1ccc(Cl)c(NC(=O)c2cc3cc(F)ccc3s2)c1. The van der Waals surface area contributed by atoms with Crippen LogP contribution < -0.4 is 10.4 Å². The van der Waals surface area contributed by atoms with Crippen molar-refractivity contribution in [2.45, 2.75) is 0 Å². The lowest BCUT2D eigenvalue weighted by Gasteiger charge is -2.09. The van der Waals surface area contributed by atoms with Gasteiger partial charge < -0.3 is 15.2 Å². The van der Waals surface area contributed by atoms with Crippen LogP contribution in [-0.4, -0.2) is 11.9 Å². The fraction of sp³-hybridized carbons (Fsp3) is 0. The van der Waals surface area contributed by atoms with Gasteiger partial charge in [-0.25, -0.2) is 4.39 Å². The number of nitrogens with one attached hydrogen (secondary N) is 1. The first-order valence-electron chi connectivity index (χ1n) is 6.45. The van der Waals surface area contributed by atoms with E-state index >= 15 is 0 Å². The number of carbonyl (C=O) groups is 2. The van der Waals surface area contributed by atoms with Gasteiger partial charge in [-0.2, -0.15) is 0 Å². The maximum absolute atomic E-state index is 13.2. The van der Waals surface area contributed by atoms with Crippen molar-refractivity contribution >= 4 is 50.6 Å². The van der Waals surface area contributed by atoms with Crippen molar-refractivity contribution in [1.82, 2.24) is 0 Å². The molecule has 0 unspecified atom stereocenters. The number of rotatable bonds is 3. The van der Waals surface area contributed by atoms with Crippen molar-refractivity contribution in [1.29, 1.82) is 0 Å². The summed E-state index contributed by atoms with van der Waals surface area (Å²) in [6.07, 6.45) is 0. The number of thiophene rings is 1. The summed E-state index contributed by atoms with van der Waals surface area (Å²) in [6.45, 7) is 0. The number of halogens is 2. The average molecular weight is 349 g/mol. The number of hydrogen-bond acceptors (Lipinski definition) is 4. The normalized spacial score (nSPS) is 10.7. The number of carbonyl (C=O) groups excluding carboxylic acids is 2. The molecule has 2 aromatic carbocycles. The summed E-state index contributed by atoms with van der Waals surface area (Å²) in [5, 5.41) is 14.2. The highest BCUT2D eigenvalue weighted by Crippen LogP contribution is 2.28. The van der Waals surface area contributed by atoms with E-state index in [0.717, 1.165) is 4.70 Å². The van der Waals surface area contributed by atoms with E-state index in [2.05, 4.69) is 5.32 Å². The summed E-state index contributed by atoms with van der Waals surface area (Å²) in [5.41, 5.74) is 0.0742. The molecule has 1 aromatic heterocycles. The van der Waals surface area contributed by atoms with Gasteiger partial charge in [0.1, 0.15) is 5.82 Å². The van der Waals surface area contributed by atoms with E-state index in [-0.39, 0.29) is 22.1 Å². The van der Waals surface area contributed by atoms with E-state index in [1.54, 1.807) is 12.1 Å². The summed E-state index contributed by atoms with van der Waals surface area (Å²) < 4.78 is 14.0. The lowest BCUT2D eigenvalue weighted by Crippen LogP contribution is -2.22. The first-order chi connectivity index (χ1) is 10.9. The van der Waals surface area contributed by atoms with Gasteiger partial charge in [0.2, 0.25) is 0 Å². The molecule has 0 saturated heterocycles. The van der Waals surface area contributed by atoms with Crippen LogP contribution in [0.5, 0.6) is 0 Å². The van der Waals surface area contributed by atoms with Crippen molar-refractivity contribution in [3.05, 3.63) is 63.7 Å². The van der Waals surface area contributed by atoms with Crippen molar-refractivity contribution in [3.8, 4) is 0 Å². The molecule has 7 heteroatoms. The maximum atomic E-state index is 13.2. The van der Waals surface area contributed by atoms with Crippen LogP contribution >= 0.6 is 22.9 Å². The molecule has 0 fully saturated rings. The molecule has 0 bridgehead atoms. The molecule has 1 N–H and O–H groups in total. The predicted molar refractivity (Wildman–Crippen MR) is 85.5 cm³/mol. The zero-order valence-electron chi connectivity index (χ0n) is 11.4. The molecule has 0 aliphatic heterocycles. The summed E-state index contributed by atoms with van der Waals surface area (Å²) >= 11 is 7.16. The highest BCUT2D eigenvalue weighted by molar-refractivity contribution is 7.20. The van der Waals surface area contributed by atoms with Crippen LogP contribution in [0.15, 0.2) is 42.5 Å². The molecule has 0 atom stereocenters. The van der Waals surface area contributed by atoms with Crippen molar-refractivity contribution in [2.24, 2.45) is 0 Å². The van der Waals surface area contributed by atoms with Gasteiger partial charge in [0, 0.05) is 4.70 Å². The molecule has 1 amide bonds. The number of benzene rings is 2. The molecule has 0 radical (unpaired) electrons. The zero-order chi connectivity index (χ0) is 16.6. The number of anilines is 1. The fourth-order valence-electron chi connectivity index (χ4n) is 2.06. The topological polar surface area (TPSA) is 69.2 Å². The van der Waals surface area contributed by atoms with Crippen LogP contribution in [-0.2, 0) is 0 Å². The third-order valence-electron chi connectivity index (χ3n) is 3.15. The molecule has 0 saturated carbocycles. The largest absolute Gasteiger partial charge is 0.545 e. The third kappa shape index (κ3) is 3.18. The second-order valence-corrected chi connectivity index (χ2v) is 6.22. The van der Waals surface area contributed by atoms with Gasteiger partial charge in [-0.1, -0.05) is 17.7 Å². The van der Waals surface area contributed by atoms with E-state index in [0.29, 0.717) is 10.3 Å². The predicted octanol–water partition coefficient (Wildman–Crippen LogP) is 3.31. The van der Waals surface area contributed by atoms with Crippen LogP contribution in [0.4, 0.5) is 10.1 Å². The Labute approximate surface area is 139 Å². The van der Waals surface area contributed by atoms with Crippen molar-refractivity contribution in [2.75, 3.05) is 5.32 Å². The fourth-order valence-corrected chi connectivity index (χ4v) is 3.16. The smallest absolute Gasteiger partial charge is 0.265 e. The molecule has 116 valence electrons. The van der Waals surface area contributed by atoms with E-state index in [9.17, 15) is 19.1 Å². The minimum absolute atomic E-state index is 0.0943. The number of hydrogen-bond donors (Lipinski definition) is 1. The Morgan fingerprint density at radius 2 is 1.91 bits per heavy atom. The molecular weight excluding hydrogens is 341 g/mol. The van der Waals surface area contributed by atoms with E-state index in [4.69, 9.17) is 11.6 Å².